The molecular formula is C26H25F2N7O4. The summed E-state index contributed by atoms with van der Waals surface area (Å²) in [7, 11) is 5.28. The van der Waals surface area contributed by atoms with E-state index in [2.05, 4.69) is 32.2 Å². The standard InChI is InChI=1S/C26H25F2N7O4/c1-5-22(36)32-19-12-17(14-29-24(19)38-9-8-34(2)3)31-26-30-13-15-10-21(25(37)35(4)23(15)33-26)39-20-7-6-16(27)11-18(20)28/h5-7,10-14H,1,8-9H2,2-4H3,(H,32,36)(H,30,31,33). The lowest BCUT2D eigenvalue weighted by atomic mass is 10.3. The Balaban J connectivity index is 1.60. The first-order valence-corrected chi connectivity index (χ1v) is 11.6. The van der Waals surface area contributed by atoms with Crippen LogP contribution < -0.4 is 25.7 Å². The number of rotatable bonds is 10. The molecule has 0 saturated carbocycles. The van der Waals surface area contributed by atoms with Crippen LogP contribution >= 0.6 is 0 Å². The van der Waals surface area contributed by atoms with Gasteiger partial charge in [-0.1, -0.05) is 6.58 Å². The van der Waals surface area contributed by atoms with E-state index >= 15 is 0 Å². The van der Waals surface area contributed by atoms with E-state index in [4.69, 9.17) is 9.47 Å². The van der Waals surface area contributed by atoms with Crippen molar-refractivity contribution in [3.8, 4) is 17.4 Å². The minimum Gasteiger partial charge on any atom is -0.475 e. The van der Waals surface area contributed by atoms with Crippen LogP contribution in [0.4, 0.5) is 26.1 Å². The van der Waals surface area contributed by atoms with Crippen LogP contribution in [0.3, 0.4) is 0 Å². The molecular weight excluding hydrogens is 512 g/mol. The van der Waals surface area contributed by atoms with E-state index in [9.17, 15) is 18.4 Å². The third kappa shape index (κ3) is 6.51. The van der Waals surface area contributed by atoms with Crippen molar-refractivity contribution in [2.24, 2.45) is 7.05 Å². The lowest BCUT2D eigenvalue weighted by Gasteiger charge is -2.15. The molecule has 39 heavy (non-hydrogen) atoms. The zero-order valence-electron chi connectivity index (χ0n) is 21.4. The van der Waals surface area contributed by atoms with Crippen LogP contribution in [0, 0.1) is 11.6 Å². The molecule has 11 nitrogen and oxygen atoms in total. The Labute approximate surface area is 221 Å². The Morgan fingerprint density at radius 2 is 1.95 bits per heavy atom. The number of benzene rings is 1. The fourth-order valence-corrected chi connectivity index (χ4v) is 3.39. The van der Waals surface area contributed by atoms with E-state index in [1.807, 2.05) is 19.0 Å². The maximum Gasteiger partial charge on any atom is 0.294 e. The average Bonchev–Trinajstić information content (AvgIpc) is 2.90. The van der Waals surface area contributed by atoms with Gasteiger partial charge < -0.3 is 25.0 Å². The van der Waals surface area contributed by atoms with Gasteiger partial charge in [0.1, 0.15) is 23.8 Å². The van der Waals surface area contributed by atoms with Gasteiger partial charge in [-0.2, -0.15) is 4.98 Å². The maximum absolute atomic E-state index is 14.0. The number of nitrogens with zero attached hydrogens (tertiary/aromatic N) is 5. The quantitative estimate of drug-likeness (QED) is 0.292. The zero-order valence-corrected chi connectivity index (χ0v) is 21.4. The number of anilines is 3. The number of ether oxygens (including phenoxy) is 2. The molecule has 1 aromatic carbocycles. The smallest absolute Gasteiger partial charge is 0.294 e. The summed E-state index contributed by atoms with van der Waals surface area (Å²) in [6, 6.07) is 5.74. The Bertz CT molecular complexity index is 1610. The van der Waals surface area contributed by atoms with E-state index in [1.165, 1.54) is 30.1 Å². The Kier molecular flexibility index (Phi) is 8.10. The lowest BCUT2D eigenvalue weighted by Crippen LogP contribution is -2.20. The molecule has 0 bridgehead atoms. The van der Waals surface area contributed by atoms with E-state index in [1.54, 1.807) is 6.07 Å². The SMILES string of the molecule is C=CC(=O)Nc1cc(Nc2ncc3cc(Oc4ccc(F)cc4F)c(=O)n(C)c3n2)cnc1OCCN(C)C. The van der Waals surface area contributed by atoms with Crippen molar-refractivity contribution in [3.05, 3.63) is 77.4 Å². The van der Waals surface area contributed by atoms with Gasteiger partial charge in [-0.25, -0.2) is 18.7 Å². The van der Waals surface area contributed by atoms with Crippen molar-refractivity contribution in [1.82, 2.24) is 24.4 Å². The molecule has 0 saturated heterocycles. The molecule has 0 aliphatic rings. The summed E-state index contributed by atoms with van der Waals surface area (Å²) in [4.78, 5) is 39.7. The van der Waals surface area contributed by atoms with Gasteiger partial charge in [0.15, 0.2) is 17.3 Å². The molecule has 3 aromatic heterocycles. The predicted octanol–water partition coefficient (Wildman–Crippen LogP) is 3.60. The topological polar surface area (TPSA) is 124 Å². The van der Waals surface area contributed by atoms with Gasteiger partial charge in [0, 0.05) is 31.2 Å². The molecule has 0 atom stereocenters. The molecule has 4 rings (SSSR count). The second kappa shape index (κ2) is 11.6. The summed E-state index contributed by atoms with van der Waals surface area (Å²) < 4.78 is 39.6. The van der Waals surface area contributed by atoms with Gasteiger partial charge in [-0.15, -0.1) is 0 Å². The van der Waals surface area contributed by atoms with Crippen molar-refractivity contribution >= 4 is 34.3 Å². The molecule has 0 spiro atoms. The molecule has 0 unspecified atom stereocenters. The number of pyridine rings is 2. The fourth-order valence-electron chi connectivity index (χ4n) is 3.39. The maximum atomic E-state index is 14.0. The molecule has 2 N–H and O–H groups in total. The lowest BCUT2D eigenvalue weighted by molar-refractivity contribution is -0.111. The molecule has 4 aromatic rings. The fraction of sp³-hybridized carbons (Fsp3) is 0.192. The van der Waals surface area contributed by atoms with Crippen LogP contribution in [0.5, 0.6) is 17.4 Å². The molecule has 1 amide bonds. The zero-order chi connectivity index (χ0) is 28.1. The summed E-state index contributed by atoms with van der Waals surface area (Å²) in [5.41, 5.74) is 0.421. The van der Waals surface area contributed by atoms with Crippen molar-refractivity contribution in [2.75, 3.05) is 37.9 Å². The normalized spacial score (nSPS) is 10.9. The highest BCUT2D eigenvalue weighted by molar-refractivity contribution is 6.00. The first kappa shape index (κ1) is 27.1. The average molecular weight is 538 g/mol. The largest absolute Gasteiger partial charge is 0.475 e. The Morgan fingerprint density at radius 3 is 2.67 bits per heavy atom. The van der Waals surface area contributed by atoms with Crippen LogP contribution in [0.1, 0.15) is 0 Å². The summed E-state index contributed by atoms with van der Waals surface area (Å²) in [6.07, 6.45) is 4.05. The number of amides is 1. The first-order chi connectivity index (χ1) is 18.6. The van der Waals surface area contributed by atoms with Crippen LogP contribution in [-0.2, 0) is 11.8 Å². The minimum atomic E-state index is -0.945. The van der Waals surface area contributed by atoms with Gasteiger partial charge in [0.05, 0.1) is 11.9 Å². The number of carbonyl (C=O) groups is 1. The minimum absolute atomic E-state index is 0.139. The highest BCUT2D eigenvalue weighted by Gasteiger charge is 2.15. The monoisotopic (exact) mass is 537 g/mol. The molecule has 3 heterocycles. The molecule has 202 valence electrons. The second-order valence-corrected chi connectivity index (χ2v) is 8.57. The van der Waals surface area contributed by atoms with E-state index < -0.39 is 23.1 Å². The van der Waals surface area contributed by atoms with Gasteiger partial charge in [0.25, 0.3) is 5.56 Å². The molecule has 13 heteroatoms. The summed E-state index contributed by atoms with van der Waals surface area (Å²) in [5.74, 6) is -2.27. The van der Waals surface area contributed by atoms with Gasteiger partial charge in [-0.3, -0.25) is 14.2 Å². The Morgan fingerprint density at radius 1 is 1.15 bits per heavy atom. The number of carbonyl (C=O) groups excluding carboxylic acids is 1. The highest BCUT2D eigenvalue weighted by atomic mass is 19.1. The number of halogens is 2. The Hall–Kier alpha value is -4.91. The first-order valence-electron chi connectivity index (χ1n) is 11.6. The molecule has 0 aliphatic heterocycles. The number of hydrogen-bond donors (Lipinski definition) is 2. The number of fused-ring (bicyclic) bond motifs is 1. The summed E-state index contributed by atoms with van der Waals surface area (Å²) in [6.45, 7) is 4.45. The molecule has 0 radical (unpaired) electrons. The second-order valence-electron chi connectivity index (χ2n) is 8.57. The number of nitrogens with one attached hydrogen (secondary N) is 2. The van der Waals surface area contributed by atoms with Crippen LogP contribution in [0.15, 0.2) is 60.2 Å². The van der Waals surface area contributed by atoms with Crippen molar-refractivity contribution in [2.45, 2.75) is 0 Å². The van der Waals surface area contributed by atoms with Crippen molar-refractivity contribution in [3.63, 3.8) is 0 Å². The van der Waals surface area contributed by atoms with Crippen molar-refractivity contribution in [1.29, 1.82) is 0 Å². The van der Waals surface area contributed by atoms with E-state index in [0.29, 0.717) is 36.0 Å². The predicted molar refractivity (Wildman–Crippen MR) is 142 cm³/mol. The van der Waals surface area contributed by atoms with Gasteiger partial charge in [-0.05, 0) is 44.4 Å². The number of aryl methyl sites for hydroxylation is 1. The van der Waals surface area contributed by atoms with Crippen LogP contribution in [0.2, 0.25) is 0 Å². The third-order valence-corrected chi connectivity index (χ3v) is 5.36. The van der Waals surface area contributed by atoms with E-state index in [0.717, 1.165) is 18.2 Å². The number of likely N-dealkylation sites (N-methyl/N-ethyl adjacent to an activating group) is 1. The van der Waals surface area contributed by atoms with E-state index in [-0.39, 0.29) is 29.0 Å². The number of hydrogen-bond acceptors (Lipinski definition) is 9. The van der Waals surface area contributed by atoms with Gasteiger partial charge >= 0.3 is 0 Å². The third-order valence-electron chi connectivity index (χ3n) is 5.36. The molecule has 0 fully saturated rings. The summed E-state index contributed by atoms with van der Waals surface area (Å²) in [5, 5.41) is 6.08. The number of aromatic nitrogens is 4. The molecule has 0 aliphatic carbocycles. The highest BCUT2D eigenvalue weighted by Crippen LogP contribution is 2.28. The van der Waals surface area contributed by atoms with Crippen molar-refractivity contribution < 1.29 is 23.0 Å². The van der Waals surface area contributed by atoms with Crippen LogP contribution in [0.25, 0.3) is 11.0 Å². The summed E-state index contributed by atoms with van der Waals surface area (Å²) >= 11 is 0. The van der Waals surface area contributed by atoms with Gasteiger partial charge in [0.2, 0.25) is 17.7 Å². The van der Waals surface area contributed by atoms with Crippen LogP contribution in [-0.4, -0.2) is 57.6 Å².